The summed E-state index contributed by atoms with van der Waals surface area (Å²) in [5, 5.41) is 18.9. The fourth-order valence-corrected chi connectivity index (χ4v) is 1.87. The van der Waals surface area contributed by atoms with E-state index in [9.17, 15) is 23.4 Å². The molecule has 2 rings (SSSR count). The topological polar surface area (TPSA) is 128 Å². The Bertz CT molecular complexity index is 720. The first-order valence-electron chi connectivity index (χ1n) is 6.73. The van der Waals surface area contributed by atoms with Crippen LogP contribution in [0.25, 0.3) is 11.1 Å². The third-order valence-corrected chi connectivity index (χ3v) is 3.07. The van der Waals surface area contributed by atoms with Crippen molar-refractivity contribution in [2.75, 3.05) is 11.5 Å². The molecule has 130 valence electrons. The molecule has 1 heterocycles. The van der Waals surface area contributed by atoms with Crippen molar-refractivity contribution in [1.29, 1.82) is 0 Å². The molecule has 0 amide bonds. The maximum absolute atomic E-state index is 12.6. The summed E-state index contributed by atoms with van der Waals surface area (Å²) in [5.41, 5.74) is 10.7. The van der Waals surface area contributed by atoms with Crippen LogP contribution in [0.4, 0.5) is 24.9 Å². The first kappa shape index (κ1) is 17.8. The van der Waals surface area contributed by atoms with E-state index < -0.39 is 24.1 Å². The van der Waals surface area contributed by atoms with Crippen LogP contribution in [0.5, 0.6) is 5.88 Å². The lowest BCUT2D eigenvalue weighted by Gasteiger charge is -2.18. The lowest BCUT2D eigenvalue weighted by atomic mass is 10.0. The van der Waals surface area contributed by atoms with Gasteiger partial charge in [-0.2, -0.15) is 23.1 Å². The Balaban J connectivity index is 2.49. The van der Waals surface area contributed by atoms with Crippen molar-refractivity contribution in [2.24, 2.45) is 0 Å². The molecule has 2 atom stereocenters. The number of nitrogen functional groups attached to an aromatic ring is 2. The van der Waals surface area contributed by atoms with Crippen LogP contribution >= 0.6 is 0 Å². The Morgan fingerprint density at radius 2 is 1.67 bits per heavy atom. The molecule has 0 bridgehead atoms. The molecule has 0 fully saturated rings. The number of aromatic nitrogens is 2. The van der Waals surface area contributed by atoms with Crippen LogP contribution in [-0.4, -0.2) is 32.6 Å². The molecule has 0 spiro atoms. The second-order valence-electron chi connectivity index (χ2n) is 4.97. The lowest BCUT2D eigenvalue weighted by Crippen LogP contribution is -2.29. The molecule has 7 nitrogen and oxygen atoms in total. The zero-order valence-electron chi connectivity index (χ0n) is 12.4. The van der Waals surface area contributed by atoms with Crippen molar-refractivity contribution in [3.63, 3.8) is 0 Å². The molecule has 0 aliphatic carbocycles. The molecule has 2 aromatic rings. The largest absolute Gasteiger partial charge is 0.444 e. The van der Waals surface area contributed by atoms with Gasteiger partial charge in [0, 0.05) is 0 Å². The Labute approximate surface area is 134 Å². The van der Waals surface area contributed by atoms with E-state index in [1.165, 1.54) is 6.92 Å². The Morgan fingerprint density at radius 1 is 1.08 bits per heavy atom. The third kappa shape index (κ3) is 3.84. The second-order valence-corrected chi connectivity index (χ2v) is 4.97. The highest BCUT2D eigenvalue weighted by Crippen LogP contribution is 2.36. The fraction of sp³-hybridized carbons (Fsp3) is 0.286. The van der Waals surface area contributed by atoms with Gasteiger partial charge in [0.1, 0.15) is 11.9 Å². The number of halogens is 3. The van der Waals surface area contributed by atoms with Crippen molar-refractivity contribution in [1.82, 2.24) is 9.97 Å². The molecule has 24 heavy (non-hydrogen) atoms. The molecule has 1 aromatic carbocycles. The van der Waals surface area contributed by atoms with E-state index in [0.717, 1.165) is 24.3 Å². The number of hydrogen-bond acceptors (Lipinski definition) is 7. The molecule has 1 unspecified atom stereocenters. The Kier molecular flexibility index (Phi) is 4.81. The van der Waals surface area contributed by atoms with Gasteiger partial charge in [0.2, 0.25) is 18.1 Å². The Morgan fingerprint density at radius 3 is 2.17 bits per heavy atom. The van der Waals surface area contributed by atoms with Gasteiger partial charge in [-0.25, -0.2) is 0 Å². The minimum atomic E-state index is -4.48. The molecule has 0 aliphatic heterocycles. The summed E-state index contributed by atoms with van der Waals surface area (Å²) in [6.07, 6.45) is -7.36. The van der Waals surface area contributed by atoms with E-state index in [1.54, 1.807) is 0 Å². The number of nitrogens with zero attached hydrogens (tertiary/aromatic N) is 2. The predicted molar refractivity (Wildman–Crippen MR) is 79.6 cm³/mol. The summed E-state index contributed by atoms with van der Waals surface area (Å²) in [6, 6.07) is 4.05. The maximum atomic E-state index is 12.6. The van der Waals surface area contributed by atoms with Gasteiger partial charge >= 0.3 is 6.18 Å². The summed E-state index contributed by atoms with van der Waals surface area (Å²) < 4.78 is 43.0. The molecule has 0 saturated heterocycles. The third-order valence-electron chi connectivity index (χ3n) is 3.07. The number of hydrogen-bond donors (Lipinski definition) is 4. The molecular formula is C14H15F3N4O3. The first-order valence-corrected chi connectivity index (χ1v) is 6.73. The van der Waals surface area contributed by atoms with Gasteiger partial charge in [0.15, 0.2) is 0 Å². The van der Waals surface area contributed by atoms with Crippen LogP contribution in [0, 0.1) is 0 Å². The fourth-order valence-electron chi connectivity index (χ4n) is 1.87. The average Bonchev–Trinajstić information content (AvgIpc) is 2.45. The summed E-state index contributed by atoms with van der Waals surface area (Å²) >= 11 is 0. The first-order chi connectivity index (χ1) is 11.1. The zero-order chi connectivity index (χ0) is 18.1. The zero-order valence-corrected chi connectivity index (χ0v) is 12.4. The van der Waals surface area contributed by atoms with Crippen LogP contribution in [0.15, 0.2) is 24.3 Å². The summed E-state index contributed by atoms with van der Waals surface area (Å²) in [7, 11) is 0. The molecular weight excluding hydrogens is 329 g/mol. The van der Waals surface area contributed by atoms with Crippen LogP contribution in [0.1, 0.15) is 12.5 Å². The number of benzene rings is 1. The lowest BCUT2D eigenvalue weighted by molar-refractivity contribution is -0.137. The van der Waals surface area contributed by atoms with Gasteiger partial charge in [-0.15, -0.1) is 0 Å². The summed E-state index contributed by atoms with van der Waals surface area (Å²) in [6.45, 7) is 1.27. The number of ether oxygens (including phenoxy) is 1. The van der Waals surface area contributed by atoms with Gasteiger partial charge in [0.25, 0.3) is 0 Å². The monoisotopic (exact) mass is 344 g/mol. The maximum Gasteiger partial charge on any atom is 0.416 e. The molecule has 10 heteroatoms. The SMILES string of the molecule is CC(O)[C@H](O)Oc1nc(N)nc(N)c1-c1ccc(C(F)(F)F)cc1. The van der Waals surface area contributed by atoms with Gasteiger partial charge in [-0.3, -0.25) is 0 Å². The van der Waals surface area contributed by atoms with E-state index in [-0.39, 0.29) is 28.8 Å². The molecule has 0 saturated carbocycles. The van der Waals surface area contributed by atoms with Gasteiger partial charge < -0.3 is 26.4 Å². The summed E-state index contributed by atoms with van der Waals surface area (Å²) in [4.78, 5) is 7.51. The molecule has 0 aliphatic rings. The Hall–Kier alpha value is -2.59. The van der Waals surface area contributed by atoms with Crippen LogP contribution in [0.3, 0.4) is 0 Å². The number of rotatable bonds is 4. The predicted octanol–water partition coefficient (Wildman–Crippen LogP) is 1.40. The van der Waals surface area contributed by atoms with E-state index in [0.29, 0.717) is 0 Å². The van der Waals surface area contributed by atoms with Crippen molar-refractivity contribution < 1.29 is 28.1 Å². The number of aliphatic hydroxyl groups excluding tert-OH is 2. The summed E-state index contributed by atoms with van der Waals surface area (Å²) in [5.74, 6) is -0.654. The van der Waals surface area contributed by atoms with Crippen molar-refractivity contribution >= 4 is 11.8 Å². The highest BCUT2D eigenvalue weighted by molar-refractivity contribution is 5.79. The number of nitrogens with two attached hydrogens (primary N) is 2. The normalized spacial score (nSPS) is 14.2. The quantitative estimate of drug-likeness (QED) is 0.617. The number of alkyl halides is 3. The molecule has 0 radical (unpaired) electrons. The highest BCUT2D eigenvalue weighted by Gasteiger charge is 2.30. The standard InChI is InChI=1S/C14H15F3N4O3/c1-6(22)12(23)24-11-9(10(18)20-13(19)21-11)7-2-4-8(5-3-7)14(15,16)17/h2-6,12,22-23H,1H3,(H4,18,19,20,21)/t6?,12-/m1/s1. The number of aliphatic hydroxyl groups is 2. The van der Waals surface area contributed by atoms with E-state index >= 15 is 0 Å². The van der Waals surface area contributed by atoms with Crippen LogP contribution in [0.2, 0.25) is 0 Å². The van der Waals surface area contributed by atoms with Crippen LogP contribution < -0.4 is 16.2 Å². The average molecular weight is 344 g/mol. The van der Waals surface area contributed by atoms with Gasteiger partial charge in [-0.05, 0) is 24.6 Å². The highest BCUT2D eigenvalue weighted by atomic mass is 19.4. The van der Waals surface area contributed by atoms with Crippen molar-refractivity contribution in [3.8, 4) is 17.0 Å². The minimum Gasteiger partial charge on any atom is -0.444 e. The van der Waals surface area contributed by atoms with Crippen molar-refractivity contribution in [2.45, 2.75) is 25.5 Å². The van der Waals surface area contributed by atoms with Crippen LogP contribution in [-0.2, 0) is 6.18 Å². The molecule has 1 aromatic heterocycles. The van der Waals surface area contributed by atoms with Gasteiger partial charge in [-0.1, -0.05) is 12.1 Å². The smallest absolute Gasteiger partial charge is 0.416 e. The second kappa shape index (κ2) is 6.49. The van der Waals surface area contributed by atoms with Gasteiger partial charge in [0.05, 0.1) is 11.1 Å². The van der Waals surface area contributed by atoms with Crippen molar-refractivity contribution in [3.05, 3.63) is 29.8 Å². The number of anilines is 2. The van der Waals surface area contributed by atoms with E-state index in [1.807, 2.05) is 0 Å². The minimum absolute atomic E-state index is 0.0534. The van der Waals surface area contributed by atoms with E-state index in [2.05, 4.69) is 9.97 Å². The van der Waals surface area contributed by atoms with E-state index in [4.69, 9.17) is 16.2 Å². The molecule has 6 N–H and O–H groups in total.